The van der Waals surface area contributed by atoms with Crippen LogP contribution in [0.4, 0.5) is 10.1 Å². The Morgan fingerprint density at radius 3 is 2.60 bits per heavy atom. The van der Waals surface area contributed by atoms with Gasteiger partial charge in [-0.1, -0.05) is 0 Å². The minimum absolute atomic E-state index is 0.311. The molecule has 0 aliphatic carbocycles. The minimum Gasteiger partial charge on any atom is -0.465 e. The summed E-state index contributed by atoms with van der Waals surface area (Å²) >= 11 is 0. The minimum atomic E-state index is -0.481. The molecule has 0 aromatic heterocycles. The van der Waals surface area contributed by atoms with Crippen LogP contribution in [0.3, 0.4) is 0 Å². The van der Waals surface area contributed by atoms with Gasteiger partial charge in [-0.05, 0) is 48.9 Å². The molecule has 0 amide bonds. The van der Waals surface area contributed by atoms with Gasteiger partial charge in [0.1, 0.15) is 11.6 Å². The van der Waals surface area contributed by atoms with Crippen molar-refractivity contribution in [1.82, 2.24) is 0 Å². The van der Waals surface area contributed by atoms with Crippen LogP contribution in [0.5, 0.6) is 11.5 Å². The van der Waals surface area contributed by atoms with Gasteiger partial charge < -0.3 is 15.2 Å². The van der Waals surface area contributed by atoms with E-state index in [2.05, 4.69) is 4.74 Å². The summed E-state index contributed by atoms with van der Waals surface area (Å²) in [6.45, 7) is 1.64. The van der Waals surface area contributed by atoms with E-state index in [0.29, 0.717) is 28.3 Å². The van der Waals surface area contributed by atoms with Gasteiger partial charge in [-0.15, -0.1) is 0 Å². The Hall–Kier alpha value is -2.56. The number of nitrogen functional groups attached to an aromatic ring is 1. The maximum absolute atomic E-state index is 13.2. The number of rotatable bonds is 3. The molecule has 0 saturated heterocycles. The fourth-order valence-electron chi connectivity index (χ4n) is 1.68. The summed E-state index contributed by atoms with van der Waals surface area (Å²) in [6.07, 6.45) is 0. The Morgan fingerprint density at radius 1 is 1.20 bits per heavy atom. The maximum atomic E-state index is 13.2. The van der Waals surface area contributed by atoms with Crippen LogP contribution in [0.15, 0.2) is 36.4 Å². The van der Waals surface area contributed by atoms with Crippen molar-refractivity contribution in [3.05, 3.63) is 53.3 Å². The first-order chi connectivity index (χ1) is 9.51. The number of aryl methyl sites for hydroxylation is 1. The molecule has 0 fully saturated rings. The topological polar surface area (TPSA) is 61.5 Å². The van der Waals surface area contributed by atoms with Gasteiger partial charge in [0, 0.05) is 0 Å². The molecular weight excluding hydrogens is 261 g/mol. The molecule has 5 heteroatoms. The molecule has 20 heavy (non-hydrogen) atoms. The van der Waals surface area contributed by atoms with Gasteiger partial charge in [-0.25, -0.2) is 9.18 Å². The van der Waals surface area contributed by atoms with E-state index in [1.54, 1.807) is 25.1 Å². The number of benzene rings is 2. The van der Waals surface area contributed by atoms with Crippen molar-refractivity contribution in [2.45, 2.75) is 6.92 Å². The number of esters is 1. The zero-order chi connectivity index (χ0) is 14.7. The number of carbonyl (C=O) groups excluding carboxylic acids is 1. The molecule has 0 bridgehead atoms. The molecule has 0 radical (unpaired) electrons. The zero-order valence-electron chi connectivity index (χ0n) is 11.1. The van der Waals surface area contributed by atoms with E-state index in [1.807, 2.05) is 0 Å². The smallest absolute Gasteiger partial charge is 0.337 e. The molecule has 0 unspecified atom stereocenters. The summed E-state index contributed by atoms with van der Waals surface area (Å²) < 4.78 is 23.4. The Balaban J connectivity index is 2.32. The van der Waals surface area contributed by atoms with E-state index >= 15 is 0 Å². The highest BCUT2D eigenvalue weighted by molar-refractivity contribution is 5.90. The van der Waals surface area contributed by atoms with Gasteiger partial charge in [-0.3, -0.25) is 0 Å². The summed E-state index contributed by atoms with van der Waals surface area (Å²) in [4.78, 5) is 11.5. The molecule has 2 N–H and O–H groups in total. The molecule has 0 aliphatic heterocycles. The summed E-state index contributed by atoms with van der Waals surface area (Å²) in [5.41, 5.74) is 6.96. The Labute approximate surface area is 115 Å². The lowest BCUT2D eigenvalue weighted by Gasteiger charge is -2.10. The van der Waals surface area contributed by atoms with Crippen LogP contribution in [0.1, 0.15) is 15.9 Å². The van der Waals surface area contributed by atoms with Crippen LogP contribution in [-0.4, -0.2) is 13.1 Å². The zero-order valence-corrected chi connectivity index (χ0v) is 11.1. The summed E-state index contributed by atoms with van der Waals surface area (Å²) in [6, 6.07) is 8.94. The molecule has 104 valence electrons. The highest BCUT2D eigenvalue weighted by Crippen LogP contribution is 2.29. The highest BCUT2D eigenvalue weighted by atomic mass is 19.1. The largest absolute Gasteiger partial charge is 0.465 e. The number of nitrogens with two attached hydrogens (primary N) is 1. The van der Waals surface area contributed by atoms with Crippen LogP contribution >= 0.6 is 0 Å². The third-order valence-electron chi connectivity index (χ3n) is 2.79. The standard InChI is InChI=1S/C15H14FNO3/c1-9-7-11(4-5-12(9)16)20-14-8-10(15(18)19-2)3-6-13(14)17/h3-8H,17H2,1-2H3. The van der Waals surface area contributed by atoms with Gasteiger partial charge in [0.05, 0.1) is 18.4 Å². The molecule has 0 atom stereocenters. The van der Waals surface area contributed by atoms with Gasteiger partial charge in [0.15, 0.2) is 5.75 Å². The number of anilines is 1. The number of hydrogen-bond acceptors (Lipinski definition) is 4. The highest BCUT2D eigenvalue weighted by Gasteiger charge is 2.10. The van der Waals surface area contributed by atoms with Crippen LogP contribution in [0, 0.1) is 12.7 Å². The third kappa shape index (κ3) is 2.88. The second-order valence-corrected chi connectivity index (χ2v) is 4.26. The van der Waals surface area contributed by atoms with Gasteiger partial charge >= 0.3 is 5.97 Å². The quantitative estimate of drug-likeness (QED) is 0.689. The van der Waals surface area contributed by atoms with Crippen molar-refractivity contribution in [2.24, 2.45) is 0 Å². The number of hydrogen-bond donors (Lipinski definition) is 1. The summed E-state index contributed by atoms with van der Waals surface area (Å²) in [7, 11) is 1.29. The lowest BCUT2D eigenvalue weighted by Crippen LogP contribution is -2.02. The maximum Gasteiger partial charge on any atom is 0.337 e. The van der Waals surface area contributed by atoms with Crippen LogP contribution in [0.2, 0.25) is 0 Å². The SMILES string of the molecule is COC(=O)c1ccc(N)c(Oc2ccc(F)c(C)c2)c1. The van der Waals surface area contributed by atoms with E-state index in [4.69, 9.17) is 10.5 Å². The number of ether oxygens (including phenoxy) is 2. The average Bonchev–Trinajstić information content (AvgIpc) is 2.44. The normalized spacial score (nSPS) is 10.2. The molecule has 4 nitrogen and oxygen atoms in total. The van der Waals surface area contributed by atoms with E-state index < -0.39 is 5.97 Å². The monoisotopic (exact) mass is 275 g/mol. The first kappa shape index (κ1) is 13.9. The van der Waals surface area contributed by atoms with E-state index in [-0.39, 0.29) is 5.82 Å². The van der Waals surface area contributed by atoms with Crippen LogP contribution in [-0.2, 0) is 4.74 Å². The molecule has 0 saturated carbocycles. The van der Waals surface area contributed by atoms with E-state index in [9.17, 15) is 9.18 Å². The molecule has 2 aromatic carbocycles. The van der Waals surface area contributed by atoms with Crippen molar-refractivity contribution < 1.29 is 18.7 Å². The fraction of sp³-hybridized carbons (Fsp3) is 0.133. The molecular formula is C15H14FNO3. The summed E-state index contributed by atoms with van der Waals surface area (Å²) in [5.74, 6) is -0.0321. The predicted octanol–water partition coefficient (Wildman–Crippen LogP) is 3.30. The van der Waals surface area contributed by atoms with Gasteiger partial charge in [0.25, 0.3) is 0 Å². The fourth-order valence-corrected chi connectivity index (χ4v) is 1.68. The van der Waals surface area contributed by atoms with Crippen molar-refractivity contribution in [3.8, 4) is 11.5 Å². The van der Waals surface area contributed by atoms with E-state index in [1.165, 1.54) is 25.3 Å². The van der Waals surface area contributed by atoms with E-state index in [0.717, 1.165) is 0 Å². The van der Waals surface area contributed by atoms with Gasteiger partial charge in [-0.2, -0.15) is 0 Å². The Morgan fingerprint density at radius 2 is 1.95 bits per heavy atom. The first-order valence-electron chi connectivity index (χ1n) is 5.93. The number of methoxy groups -OCH3 is 1. The number of halogens is 1. The van der Waals surface area contributed by atoms with Crippen LogP contribution < -0.4 is 10.5 Å². The number of carbonyl (C=O) groups is 1. The summed E-state index contributed by atoms with van der Waals surface area (Å²) in [5, 5.41) is 0. The van der Waals surface area contributed by atoms with Crippen molar-refractivity contribution >= 4 is 11.7 Å². The lowest BCUT2D eigenvalue weighted by atomic mass is 10.2. The molecule has 0 heterocycles. The second kappa shape index (κ2) is 5.61. The average molecular weight is 275 g/mol. The predicted molar refractivity (Wildman–Crippen MR) is 73.4 cm³/mol. The third-order valence-corrected chi connectivity index (χ3v) is 2.79. The van der Waals surface area contributed by atoms with Crippen molar-refractivity contribution in [2.75, 3.05) is 12.8 Å². The van der Waals surface area contributed by atoms with Gasteiger partial charge in [0.2, 0.25) is 0 Å². The molecule has 2 aromatic rings. The van der Waals surface area contributed by atoms with Crippen molar-refractivity contribution in [3.63, 3.8) is 0 Å². The Bertz CT molecular complexity index is 656. The lowest BCUT2D eigenvalue weighted by molar-refractivity contribution is 0.0600. The molecule has 0 spiro atoms. The van der Waals surface area contributed by atoms with Crippen molar-refractivity contribution in [1.29, 1.82) is 0 Å². The Kier molecular flexibility index (Phi) is 3.89. The molecule has 0 aliphatic rings. The first-order valence-corrected chi connectivity index (χ1v) is 5.93. The second-order valence-electron chi connectivity index (χ2n) is 4.26. The molecule has 2 rings (SSSR count). The van der Waals surface area contributed by atoms with Crippen LogP contribution in [0.25, 0.3) is 0 Å².